The van der Waals surface area contributed by atoms with Crippen molar-refractivity contribution >= 4 is 45.6 Å². The molecule has 0 aliphatic carbocycles. The van der Waals surface area contributed by atoms with E-state index in [2.05, 4.69) is 25.0 Å². The van der Waals surface area contributed by atoms with E-state index in [1.54, 1.807) is 18.0 Å². The van der Waals surface area contributed by atoms with E-state index < -0.39 is 23.1 Å². The number of aryl methyl sites for hydroxylation is 1. The summed E-state index contributed by atoms with van der Waals surface area (Å²) >= 11 is 1.07. The van der Waals surface area contributed by atoms with Gasteiger partial charge in [0.05, 0.1) is 29.3 Å². The van der Waals surface area contributed by atoms with Crippen molar-refractivity contribution in [2.75, 3.05) is 23.7 Å². The molecule has 1 aliphatic rings. The molecule has 0 atom stereocenters. The second-order valence-corrected chi connectivity index (χ2v) is 10.1. The summed E-state index contributed by atoms with van der Waals surface area (Å²) < 4.78 is 36.4. The van der Waals surface area contributed by atoms with Crippen molar-refractivity contribution in [1.29, 1.82) is 0 Å². The highest BCUT2D eigenvalue weighted by Gasteiger charge is 2.25. The molecule has 1 aromatic carbocycles. The third kappa shape index (κ3) is 6.45. The number of carbonyl (C=O) groups is 2. The van der Waals surface area contributed by atoms with Crippen LogP contribution in [0.25, 0.3) is 5.57 Å². The second kappa shape index (κ2) is 10.6. The monoisotopic (exact) mass is 528 g/mol. The third-order valence-electron chi connectivity index (χ3n) is 5.33. The number of amides is 2. The molecule has 2 aromatic heterocycles. The number of rotatable bonds is 5. The van der Waals surface area contributed by atoms with Crippen LogP contribution in [0.5, 0.6) is 0 Å². The van der Waals surface area contributed by atoms with E-state index in [0.717, 1.165) is 29.2 Å². The van der Waals surface area contributed by atoms with Crippen LogP contribution in [-0.4, -0.2) is 49.9 Å². The maximum absolute atomic E-state index is 13.5. The summed E-state index contributed by atoms with van der Waals surface area (Å²) in [5.41, 5.74) is 1.86. The van der Waals surface area contributed by atoms with Crippen molar-refractivity contribution in [3.8, 4) is 0 Å². The number of hydrogen-bond acceptors (Lipinski definition) is 8. The Kier molecular flexibility index (Phi) is 7.48. The summed E-state index contributed by atoms with van der Waals surface area (Å²) in [5.74, 6) is -2.19. The maximum atomic E-state index is 13.5. The molecule has 0 bridgehead atoms. The van der Waals surface area contributed by atoms with Crippen LogP contribution in [-0.2, 0) is 4.74 Å². The van der Waals surface area contributed by atoms with Gasteiger partial charge < -0.3 is 20.3 Å². The summed E-state index contributed by atoms with van der Waals surface area (Å²) in [6.45, 7) is 8.03. The molecule has 9 nitrogen and oxygen atoms in total. The molecule has 37 heavy (non-hydrogen) atoms. The maximum Gasteiger partial charge on any atom is 0.410 e. The van der Waals surface area contributed by atoms with Gasteiger partial charge in [-0.2, -0.15) is 4.37 Å². The quantitative estimate of drug-likeness (QED) is 0.448. The predicted molar refractivity (Wildman–Crippen MR) is 137 cm³/mol. The zero-order valence-corrected chi connectivity index (χ0v) is 21.6. The smallest absolute Gasteiger partial charge is 0.410 e. The van der Waals surface area contributed by atoms with Gasteiger partial charge in [-0.3, -0.25) is 9.78 Å². The summed E-state index contributed by atoms with van der Waals surface area (Å²) in [7, 11) is 0. The lowest BCUT2D eigenvalue weighted by Crippen LogP contribution is -2.39. The highest BCUT2D eigenvalue weighted by atomic mass is 32.1. The summed E-state index contributed by atoms with van der Waals surface area (Å²) in [5, 5.41) is 6.08. The predicted octanol–water partition coefficient (Wildman–Crippen LogP) is 5.54. The highest BCUT2D eigenvalue weighted by Crippen LogP contribution is 2.29. The fourth-order valence-electron chi connectivity index (χ4n) is 3.58. The van der Waals surface area contributed by atoms with Gasteiger partial charge in [-0.05, 0) is 63.4 Å². The first-order valence-corrected chi connectivity index (χ1v) is 12.3. The number of nitrogens with one attached hydrogen (secondary N) is 2. The molecule has 2 amide bonds. The van der Waals surface area contributed by atoms with E-state index in [1.807, 2.05) is 26.8 Å². The summed E-state index contributed by atoms with van der Waals surface area (Å²) in [6.07, 6.45) is 5.29. The van der Waals surface area contributed by atoms with E-state index >= 15 is 0 Å². The molecule has 3 heterocycles. The number of anilines is 3. The molecule has 1 aliphatic heterocycles. The molecular weight excluding hydrogens is 502 g/mol. The minimum absolute atomic E-state index is 0.118. The molecule has 0 saturated heterocycles. The van der Waals surface area contributed by atoms with Crippen molar-refractivity contribution in [3.63, 3.8) is 0 Å². The van der Waals surface area contributed by atoms with Crippen molar-refractivity contribution in [2.45, 2.75) is 39.7 Å². The molecular formula is C25H26F2N6O3S. The fraction of sp³-hybridized carbons (Fsp3) is 0.320. The molecule has 0 radical (unpaired) electrons. The van der Waals surface area contributed by atoms with Gasteiger partial charge in [0.2, 0.25) is 0 Å². The van der Waals surface area contributed by atoms with Gasteiger partial charge in [0.15, 0.2) is 11.6 Å². The van der Waals surface area contributed by atoms with Crippen LogP contribution < -0.4 is 10.6 Å². The van der Waals surface area contributed by atoms with Crippen molar-refractivity contribution in [1.82, 2.24) is 19.2 Å². The van der Waals surface area contributed by atoms with Crippen molar-refractivity contribution < 1.29 is 23.1 Å². The minimum atomic E-state index is -1.06. The summed E-state index contributed by atoms with van der Waals surface area (Å²) in [6, 6.07) is 3.12. The van der Waals surface area contributed by atoms with E-state index in [9.17, 15) is 18.4 Å². The van der Waals surface area contributed by atoms with Crippen LogP contribution >= 0.6 is 11.5 Å². The SMILES string of the molecule is Cc1nsc(Nc2cncc(C3=CCN(C(=O)OC(C)(C)C)CC3)n2)c1C(=O)Nc1ccc(F)c(F)c1. The average Bonchev–Trinajstić information content (AvgIpc) is 3.20. The molecule has 0 unspecified atom stereocenters. The third-order valence-corrected chi connectivity index (χ3v) is 6.19. The Bertz CT molecular complexity index is 1370. The first kappa shape index (κ1) is 26.1. The molecule has 0 fully saturated rings. The highest BCUT2D eigenvalue weighted by molar-refractivity contribution is 7.10. The molecule has 3 aromatic rings. The van der Waals surface area contributed by atoms with Gasteiger partial charge in [-0.25, -0.2) is 18.6 Å². The molecule has 2 N–H and O–H groups in total. The first-order valence-electron chi connectivity index (χ1n) is 11.5. The van der Waals surface area contributed by atoms with Gasteiger partial charge in [0.25, 0.3) is 5.91 Å². The Balaban J connectivity index is 1.47. The van der Waals surface area contributed by atoms with Crippen LogP contribution in [0.4, 0.5) is 30.1 Å². The topological polar surface area (TPSA) is 109 Å². The number of benzene rings is 1. The first-order chi connectivity index (χ1) is 17.5. The zero-order valence-electron chi connectivity index (χ0n) is 20.8. The van der Waals surface area contributed by atoms with Gasteiger partial charge in [-0.1, -0.05) is 6.08 Å². The van der Waals surface area contributed by atoms with E-state index in [1.165, 1.54) is 12.3 Å². The van der Waals surface area contributed by atoms with E-state index in [4.69, 9.17) is 4.74 Å². The summed E-state index contributed by atoms with van der Waals surface area (Å²) in [4.78, 5) is 35.7. The van der Waals surface area contributed by atoms with E-state index in [0.29, 0.717) is 41.7 Å². The van der Waals surface area contributed by atoms with Crippen molar-refractivity contribution in [3.05, 3.63) is 65.3 Å². The largest absolute Gasteiger partial charge is 0.444 e. The number of nitrogens with zero attached hydrogens (tertiary/aromatic N) is 4. The molecule has 12 heteroatoms. The molecule has 0 saturated carbocycles. The Morgan fingerprint density at radius 2 is 1.95 bits per heavy atom. The van der Waals surface area contributed by atoms with Gasteiger partial charge in [-0.15, -0.1) is 0 Å². The van der Waals surface area contributed by atoms with Gasteiger partial charge >= 0.3 is 6.09 Å². The van der Waals surface area contributed by atoms with Crippen LogP contribution in [0.3, 0.4) is 0 Å². The van der Waals surface area contributed by atoms with Crippen LogP contribution in [0.1, 0.15) is 48.9 Å². The number of ether oxygens (including phenoxy) is 1. The van der Waals surface area contributed by atoms with Crippen molar-refractivity contribution in [2.24, 2.45) is 0 Å². The number of halogens is 2. The van der Waals surface area contributed by atoms with E-state index in [-0.39, 0.29) is 17.3 Å². The van der Waals surface area contributed by atoms with Gasteiger partial charge in [0, 0.05) is 24.8 Å². The Morgan fingerprint density at radius 3 is 2.62 bits per heavy atom. The Hall–Kier alpha value is -3.93. The average molecular weight is 529 g/mol. The molecule has 194 valence electrons. The Morgan fingerprint density at radius 1 is 1.16 bits per heavy atom. The normalized spacial score (nSPS) is 13.7. The number of aromatic nitrogens is 3. The fourth-order valence-corrected chi connectivity index (χ4v) is 4.38. The molecule has 4 rings (SSSR count). The standard InChI is InChI=1S/C25H26F2N6O3S/c1-14-21(22(34)29-16-5-6-17(26)18(27)11-16)23(37-32-14)31-20-13-28-12-19(30-20)15-7-9-33(10-8-15)24(35)36-25(2,3)4/h5-7,11-13H,8-10H2,1-4H3,(H,29,34)(H,30,31). The lowest BCUT2D eigenvalue weighted by Gasteiger charge is -2.29. The van der Waals surface area contributed by atoms with Gasteiger partial charge in [0.1, 0.15) is 16.4 Å². The lowest BCUT2D eigenvalue weighted by atomic mass is 10.1. The van der Waals surface area contributed by atoms with Crippen LogP contribution in [0.2, 0.25) is 0 Å². The molecule has 0 spiro atoms. The number of hydrogen-bond donors (Lipinski definition) is 2. The minimum Gasteiger partial charge on any atom is -0.444 e. The van der Waals surface area contributed by atoms with Crippen LogP contribution in [0.15, 0.2) is 36.7 Å². The van der Waals surface area contributed by atoms with Crippen LogP contribution in [0, 0.1) is 18.6 Å². The second-order valence-electron chi connectivity index (χ2n) is 9.38. The Labute approximate surface area is 216 Å². The lowest BCUT2D eigenvalue weighted by molar-refractivity contribution is 0.0270. The zero-order chi connectivity index (χ0) is 26.7. The number of carbonyl (C=O) groups excluding carboxylic acids is 2.